The number of aromatic nitrogens is 3. The zero-order valence-corrected chi connectivity index (χ0v) is 19.5. The molecule has 7 heteroatoms. The van der Waals surface area contributed by atoms with Crippen molar-refractivity contribution in [3.63, 3.8) is 0 Å². The fourth-order valence-corrected chi connectivity index (χ4v) is 4.61. The van der Waals surface area contributed by atoms with Gasteiger partial charge in [0.25, 0.3) is 0 Å². The van der Waals surface area contributed by atoms with Gasteiger partial charge in [0.05, 0.1) is 25.8 Å². The van der Waals surface area contributed by atoms with Gasteiger partial charge in [0, 0.05) is 48.9 Å². The van der Waals surface area contributed by atoms with Crippen LogP contribution in [0.25, 0.3) is 10.9 Å². The van der Waals surface area contributed by atoms with Gasteiger partial charge in [0.2, 0.25) is 0 Å². The molecule has 2 aromatic heterocycles. The standard InChI is InChI=1S/C27H28N4O3/c1-3-34-27(32)26-23-18-30(17-20-12-14-28-24-7-5-4-6-22(20)24)15-13-25(23)31(29-26)16-19-8-10-21(33-2)11-9-19/h4-12,14H,3,13,15-18H2,1-2H3. The van der Waals surface area contributed by atoms with E-state index in [-0.39, 0.29) is 5.97 Å². The molecule has 174 valence electrons. The lowest BCUT2D eigenvalue weighted by Gasteiger charge is -2.28. The van der Waals surface area contributed by atoms with Gasteiger partial charge in [-0.1, -0.05) is 30.3 Å². The van der Waals surface area contributed by atoms with Crippen molar-refractivity contribution < 1.29 is 14.3 Å². The van der Waals surface area contributed by atoms with Crippen LogP contribution in [0.15, 0.2) is 60.8 Å². The summed E-state index contributed by atoms with van der Waals surface area (Å²) < 4.78 is 12.6. The number of hydrogen-bond acceptors (Lipinski definition) is 6. The van der Waals surface area contributed by atoms with E-state index in [2.05, 4.69) is 22.0 Å². The highest BCUT2D eigenvalue weighted by Gasteiger charge is 2.29. The topological polar surface area (TPSA) is 69.5 Å². The summed E-state index contributed by atoms with van der Waals surface area (Å²) in [5, 5.41) is 5.88. The third-order valence-corrected chi connectivity index (χ3v) is 6.31. The molecule has 0 atom stereocenters. The molecule has 0 amide bonds. The van der Waals surface area contributed by atoms with Crippen LogP contribution in [-0.4, -0.2) is 45.9 Å². The number of nitrogens with zero attached hydrogens (tertiary/aromatic N) is 4. The van der Waals surface area contributed by atoms with Crippen molar-refractivity contribution in [1.29, 1.82) is 0 Å². The second-order valence-electron chi connectivity index (χ2n) is 8.45. The van der Waals surface area contributed by atoms with E-state index >= 15 is 0 Å². The molecule has 3 heterocycles. The van der Waals surface area contributed by atoms with Crippen molar-refractivity contribution in [2.24, 2.45) is 0 Å². The zero-order valence-electron chi connectivity index (χ0n) is 19.5. The van der Waals surface area contributed by atoms with Crippen LogP contribution < -0.4 is 4.74 Å². The Balaban J connectivity index is 1.43. The Morgan fingerprint density at radius 1 is 1.06 bits per heavy atom. The van der Waals surface area contributed by atoms with Gasteiger partial charge in [-0.2, -0.15) is 5.10 Å². The molecule has 1 aliphatic heterocycles. The number of rotatable bonds is 7. The maximum atomic E-state index is 12.8. The number of carbonyl (C=O) groups excluding carboxylic acids is 1. The number of para-hydroxylation sites is 1. The Labute approximate surface area is 198 Å². The van der Waals surface area contributed by atoms with Gasteiger partial charge in [-0.05, 0) is 42.3 Å². The van der Waals surface area contributed by atoms with Crippen LogP contribution in [0.4, 0.5) is 0 Å². The molecule has 0 saturated heterocycles. The molecule has 0 fully saturated rings. The average Bonchev–Trinajstić information content (AvgIpc) is 3.22. The van der Waals surface area contributed by atoms with Crippen LogP contribution in [0, 0.1) is 0 Å². The minimum Gasteiger partial charge on any atom is -0.497 e. The first-order valence-electron chi connectivity index (χ1n) is 11.6. The van der Waals surface area contributed by atoms with E-state index in [0.717, 1.165) is 53.0 Å². The molecule has 7 nitrogen and oxygen atoms in total. The molecular weight excluding hydrogens is 428 g/mol. The lowest BCUT2D eigenvalue weighted by molar-refractivity contribution is 0.0515. The second kappa shape index (κ2) is 9.65. The number of fused-ring (bicyclic) bond motifs is 2. The summed E-state index contributed by atoms with van der Waals surface area (Å²) in [6.07, 6.45) is 2.69. The summed E-state index contributed by atoms with van der Waals surface area (Å²) in [6, 6.07) is 18.2. The van der Waals surface area contributed by atoms with Crippen LogP contribution in [0.2, 0.25) is 0 Å². The SMILES string of the molecule is CCOC(=O)c1nn(Cc2ccc(OC)cc2)c2c1CN(Cc1ccnc3ccccc13)CC2. The highest BCUT2D eigenvalue weighted by Crippen LogP contribution is 2.27. The average molecular weight is 457 g/mol. The first-order valence-corrected chi connectivity index (χ1v) is 11.6. The van der Waals surface area contributed by atoms with Gasteiger partial charge < -0.3 is 9.47 Å². The lowest BCUT2D eigenvalue weighted by atomic mass is 10.0. The van der Waals surface area contributed by atoms with Crippen LogP contribution in [0.1, 0.15) is 39.8 Å². The predicted molar refractivity (Wildman–Crippen MR) is 130 cm³/mol. The van der Waals surface area contributed by atoms with Crippen molar-refractivity contribution in [3.05, 3.63) is 88.9 Å². The predicted octanol–water partition coefficient (Wildman–Crippen LogP) is 4.22. The number of carbonyl (C=O) groups is 1. The molecule has 1 aliphatic rings. The molecule has 0 radical (unpaired) electrons. The normalized spacial score (nSPS) is 13.6. The molecule has 34 heavy (non-hydrogen) atoms. The summed E-state index contributed by atoms with van der Waals surface area (Å²) in [4.78, 5) is 19.6. The zero-order chi connectivity index (χ0) is 23.5. The lowest BCUT2D eigenvalue weighted by Crippen LogP contribution is -2.31. The molecular formula is C27H28N4O3. The Bertz CT molecular complexity index is 1310. The number of methoxy groups -OCH3 is 1. The molecule has 0 saturated carbocycles. The van der Waals surface area contributed by atoms with Crippen LogP contribution in [0.5, 0.6) is 5.75 Å². The van der Waals surface area contributed by atoms with E-state index < -0.39 is 0 Å². The van der Waals surface area contributed by atoms with Gasteiger partial charge in [0.15, 0.2) is 5.69 Å². The van der Waals surface area contributed by atoms with Crippen molar-refractivity contribution in [2.75, 3.05) is 20.3 Å². The van der Waals surface area contributed by atoms with Gasteiger partial charge in [-0.15, -0.1) is 0 Å². The summed E-state index contributed by atoms with van der Waals surface area (Å²) in [5.74, 6) is 0.459. The van der Waals surface area contributed by atoms with Crippen LogP contribution in [-0.2, 0) is 30.8 Å². The smallest absolute Gasteiger partial charge is 0.359 e. The Hall–Kier alpha value is -3.71. The molecule has 0 spiro atoms. The maximum Gasteiger partial charge on any atom is 0.359 e. The molecule has 2 aromatic carbocycles. The van der Waals surface area contributed by atoms with E-state index in [0.29, 0.717) is 25.4 Å². The Morgan fingerprint density at radius 2 is 1.88 bits per heavy atom. The molecule has 0 unspecified atom stereocenters. The first-order chi connectivity index (χ1) is 16.7. The quantitative estimate of drug-likeness (QED) is 0.388. The molecule has 0 bridgehead atoms. The highest BCUT2D eigenvalue weighted by atomic mass is 16.5. The molecule has 0 N–H and O–H groups in total. The summed E-state index contributed by atoms with van der Waals surface area (Å²) >= 11 is 0. The fourth-order valence-electron chi connectivity index (χ4n) is 4.61. The van der Waals surface area contributed by atoms with Crippen molar-refractivity contribution >= 4 is 16.9 Å². The second-order valence-corrected chi connectivity index (χ2v) is 8.45. The van der Waals surface area contributed by atoms with E-state index in [1.165, 1.54) is 5.56 Å². The summed E-state index contributed by atoms with van der Waals surface area (Å²) in [5.41, 5.74) is 5.84. The van der Waals surface area contributed by atoms with Crippen molar-refractivity contribution in [1.82, 2.24) is 19.7 Å². The molecule has 4 aromatic rings. The summed E-state index contributed by atoms with van der Waals surface area (Å²) in [6.45, 7) is 5.07. The fraction of sp³-hybridized carbons (Fsp3) is 0.296. The van der Waals surface area contributed by atoms with Crippen molar-refractivity contribution in [3.8, 4) is 5.75 Å². The van der Waals surface area contributed by atoms with E-state index in [4.69, 9.17) is 14.6 Å². The Kier molecular flexibility index (Phi) is 6.27. The van der Waals surface area contributed by atoms with Gasteiger partial charge in [-0.3, -0.25) is 14.6 Å². The third-order valence-electron chi connectivity index (χ3n) is 6.31. The van der Waals surface area contributed by atoms with Crippen LogP contribution in [0.3, 0.4) is 0 Å². The number of benzene rings is 2. The van der Waals surface area contributed by atoms with Crippen LogP contribution >= 0.6 is 0 Å². The minimum atomic E-state index is -0.358. The monoisotopic (exact) mass is 456 g/mol. The third kappa shape index (κ3) is 4.39. The number of pyridine rings is 1. The molecule has 5 rings (SSSR count). The number of ether oxygens (including phenoxy) is 2. The first kappa shape index (κ1) is 22.1. The van der Waals surface area contributed by atoms with Gasteiger partial charge >= 0.3 is 5.97 Å². The largest absolute Gasteiger partial charge is 0.497 e. The van der Waals surface area contributed by atoms with Gasteiger partial charge in [-0.25, -0.2) is 4.79 Å². The number of hydrogen-bond donors (Lipinski definition) is 0. The highest BCUT2D eigenvalue weighted by molar-refractivity contribution is 5.89. The minimum absolute atomic E-state index is 0.325. The summed E-state index contributed by atoms with van der Waals surface area (Å²) in [7, 11) is 1.66. The van der Waals surface area contributed by atoms with Crippen molar-refractivity contribution in [2.45, 2.75) is 33.0 Å². The Morgan fingerprint density at radius 3 is 2.68 bits per heavy atom. The van der Waals surface area contributed by atoms with E-state index in [1.54, 1.807) is 7.11 Å². The van der Waals surface area contributed by atoms with E-state index in [1.807, 2.05) is 60.3 Å². The van der Waals surface area contributed by atoms with E-state index in [9.17, 15) is 4.79 Å². The van der Waals surface area contributed by atoms with Gasteiger partial charge in [0.1, 0.15) is 5.75 Å². The molecule has 0 aliphatic carbocycles. The maximum absolute atomic E-state index is 12.8. The number of esters is 1.